The maximum Gasteiger partial charge on any atom is -0.0323 e. The van der Waals surface area contributed by atoms with Gasteiger partial charge >= 0.3 is 0 Å². The fourth-order valence-corrected chi connectivity index (χ4v) is 1.46. The van der Waals surface area contributed by atoms with Crippen LogP contribution >= 0.6 is 0 Å². The number of rotatable bonds is 8. The normalized spacial score (nSPS) is 12.8. The Morgan fingerprint density at radius 1 is 1.15 bits per heavy atom. The van der Waals surface area contributed by atoms with Crippen molar-refractivity contribution in [1.29, 1.82) is 0 Å². The van der Waals surface area contributed by atoms with Crippen LogP contribution in [0, 0.1) is 5.92 Å². The Labute approximate surface area is 84.4 Å². The summed E-state index contributed by atoms with van der Waals surface area (Å²) in [5.74, 6) is 0.902. The highest BCUT2D eigenvalue weighted by molar-refractivity contribution is 4.93. The van der Waals surface area contributed by atoms with Crippen LogP contribution in [0.2, 0.25) is 0 Å². The first-order valence-corrected chi connectivity index (χ1v) is 5.87. The Bertz CT molecular complexity index is 124. The van der Waals surface area contributed by atoms with E-state index in [1.807, 2.05) is 0 Å². The van der Waals surface area contributed by atoms with Gasteiger partial charge in [0.15, 0.2) is 0 Å². The summed E-state index contributed by atoms with van der Waals surface area (Å²) in [6.07, 6.45) is 9.16. The Morgan fingerprint density at radius 2 is 1.77 bits per heavy atom. The highest BCUT2D eigenvalue weighted by Gasteiger charge is 1.99. The van der Waals surface area contributed by atoms with Crippen LogP contribution in [0.1, 0.15) is 65.7 Å². The van der Waals surface area contributed by atoms with Crippen molar-refractivity contribution in [2.75, 3.05) is 0 Å². The molecule has 0 aliphatic carbocycles. The Kier molecular flexibility index (Phi) is 8.18. The first-order chi connectivity index (χ1) is 6.20. The standard InChI is InChI=1S/C13H26/c1-5-7-9-13(4)11-8-10-12(3)6-2/h12H,4-11H2,1-3H3. The van der Waals surface area contributed by atoms with Crippen LogP contribution in [-0.4, -0.2) is 0 Å². The van der Waals surface area contributed by atoms with Gasteiger partial charge in [-0.3, -0.25) is 0 Å². The second kappa shape index (κ2) is 8.34. The second-order valence-electron chi connectivity index (χ2n) is 4.26. The van der Waals surface area contributed by atoms with Gasteiger partial charge in [0, 0.05) is 0 Å². The Morgan fingerprint density at radius 3 is 2.31 bits per heavy atom. The third-order valence-corrected chi connectivity index (χ3v) is 2.81. The maximum absolute atomic E-state index is 4.11. The second-order valence-corrected chi connectivity index (χ2v) is 4.26. The highest BCUT2D eigenvalue weighted by Crippen LogP contribution is 2.16. The lowest BCUT2D eigenvalue weighted by atomic mass is 9.98. The maximum atomic E-state index is 4.11. The van der Waals surface area contributed by atoms with Gasteiger partial charge in [-0.25, -0.2) is 0 Å². The van der Waals surface area contributed by atoms with Gasteiger partial charge in [-0.2, -0.15) is 0 Å². The van der Waals surface area contributed by atoms with Crippen LogP contribution < -0.4 is 0 Å². The number of hydrogen-bond acceptors (Lipinski definition) is 0. The largest absolute Gasteiger partial charge is 0.0999 e. The molecular weight excluding hydrogens is 156 g/mol. The lowest BCUT2D eigenvalue weighted by Crippen LogP contribution is -1.92. The van der Waals surface area contributed by atoms with Gasteiger partial charge in [-0.05, 0) is 31.6 Å². The summed E-state index contributed by atoms with van der Waals surface area (Å²) in [6.45, 7) is 11.0. The monoisotopic (exact) mass is 182 g/mol. The molecule has 0 saturated carbocycles. The van der Waals surface area contributed by atoms with Gasteiger partial charge in [0.2, 0.25) is 0 Å². The van der Waals surface area contributed by atoms with Crippen molar-refractivity contribution >= 4 is 0 Å². The molecule has 0 nitrogen and oxygen atoms in total. The van der Waals surface area contributed by atoms with Crippen molar-refractivity contribution in [2.45, 2.75) is 65.7 Å². The van der Waals surface area contributed by atoms with Crippen LogP contribution in [0.3, 0.4) is 0 Å². The molecule has 0 aromatic heterocycles. The van der Waals surface area contributed by atoms with E-state index in [0.29, 0.717) is 0 Å². The number of unbranched alkanes of at least 4 members (excludes halogenated alkanes) is 1. The lowest BCUT2D eigenvalue weighted by Gasteiger charge is -2.08. The fraction of sp³-hybridized carbons (Fsp3) is 0.846. The van der Waals surface area contributed by atoms with Gasteiger partial charge < -0.3 is 0 Å². The Hall–Kier alpha value is -0.260. The van der Waals surface area contributed by atoms with Crippen LogP contribution in [-0.2, 0) is 0 Å². The van der Waals surface area contributed by atoms with Crippen molar-refractivity contribution < 1.29 is 0 Å². The average molecular weight is 182 g/mol. The molecule has 0 bridgehead atoms. The molecule has 0 heteroatoms. The molecule has 0 aliphatic heterocycles. The summed E-state index contributed by atoms with van der Waals surface area (Å²) in [5, 5.41) is 0. The summed E-state index contributed by atoms with van der Waals surface area (Å²) in [6, 6.07) is 0. The molecule has 0 aromatic carbocycles. The molecule has 0 saturated heterocycles. The van der Waals surface area contributed by atoms with E-state index in [1.165, 1.54) is 50.5 Å². The van der Waals surface area contributed by atoms with Crippen LogP contribution in [0.25, 0.3) is 0 Å². The molecule has 0 rings (SSSR count). The SMILES string of the molecule is C=C(CCCC)CCCC(C)CC. The molecule has 0 fully saturated rings. The van der Waals surface area contributed by atoms with Crippen molar-refractivity contribution in [2.24, 2.45) is 5.92 Å². The predicted octanol–water partition coefficient (Wildman–Crippen LogP) is 4.95. The van der Waals surface area contributed by atoms with E-state index >= 15 is 0 Å². The van der Waals surface area contributed by atoms with Crippen LogP contribution in [0.5, 0.6) is 0 Å². The predicted molar refractivity (Wildman–Crippen MR) is 62.0 cm³/mol. The molecule has 0 aliphatic rings. The van der Waals surface area contributed by atoms with E-state index in [4.69, 9.17) is 0 Å². The zero-order valence-electron chi connectivity index (χ0n) is 9.73. The summed E-state index contributed by atoms with van der Waals surface area (Å²) in [4.78, 5) is 0. The summed E-state index contributed by atoms with van der Waals surface area (Å²) in [5.41, 5.74) is 1.46. The van der Waals surface area contributed by atoms with Gasteiger partial charge in [0.05, 0.1) is 0 Å². The third kappa shape index (κ3) is 8.08. The molecule has 0 amide bonds. The van der Waals surface area contributed by atoms with E-state index in [-0.39, 0.29) is 0 Å². The average Bonchev–Trinajstić information content (AvgIpc) is 2.14. The van der Waals surface area contributed by atoms with Gasteiger partial charge in [0.1, 0.15) is 0 Å². The minimum Gasteiger partial charge on any atom is -0.0999 e. The molecular formula is C13H26. The molecule has 0 radical (unpaired) electrons. The molecule has 1 atom stereocenters. The van der Waals surface area contributed by atoms with Crippen molar-refractivity contribution in [3.05, 3.63) is 12.2 Å². The molecule has 0 N–H and O–H groups in total. The molecule has 13 heavy (non-hydrogen) atoms. The summed E-state index contributed by atoms with van der Waals surface area (Å²) in [7, 11) is 0. The minimum absolute atomic E-state index is 0.902. The zero-order chi connectivity index (χ0) is 10.1. The van der Waals surface area contributed by atoms with E-state index in [1.54, 1.807) is 0 Å². The van der Waals surface area contributed by atoms with E-state index in [2.05, 4.69) is 27.4 Å². The van der Waals surface area contributed by atoms with Crippen molar-refractivity contribution in [3.63, 3.8) is 0 Å². The van der Waals surface area contributed by atoms with Gasteiger partial charge in [-0.15, -0.1) is 0 Å². The van der Waals surface area contributed by atoms with Crippen LogP contribution in [0.4, 0.5) is 0 Å². The number of allylic oxidation sites excluding steroid dienone is 1. The molecule has 0 spiro atoms. The molecule has 1 unspecified atom stereocenters. The van der Waals surface area contributed by atoms with E-state index in [9.17, 15) is 0 Å². The van der Waals surface area contributed by atoms with Crippen molar-refractivity contribution in [3.8, 4) is 0 Å². The van der Waals surface area contributed by atoms with E-state index < -0.39 is 0 Å². The summed E-state index contributed by atoms with van der Waals surface area (Å²) >= 11 is 0. The summed E-state index contributed by atoms with van der Waals surface area (Å²) < 4.78 is 0. The van der Waals surface area contributed by atoms with Gasteiger partial charge in [-0.1, -0.05) is 52.2 Å². The molecule has 0 aromatic rings. The smallest absolute Gasteiger partial charge is 0.0323 e. The first kappa shape index (κ1) is 12.7. The topological polar surface area (TPSA) is 0 Å². The lowest BCUT2D eigenvalue weighted by molar-refractivity contribution is 0.492. The van der Waals surface area contributed by atoms with Gasteiger partial charge in [0.25, 0.3) is 0 Å². The van der Waals surface area contributed by atoms with Crippen molar-refractivity contribution in [1.82, 2.24) is 0 Å². The molecule has 78 valence electrons. The highest BCUT2D eigenvalue weighted by atomic mass is 14.1. The zero-order valence-corrected chi connectivity index (χ0v) is 9.73. The first-order valence-electron chi connectivity index (χ1n) is 5.87. The third-order valence-electron chi connectivity index (χ3n) is 2.81. The number of hydrogen-bond donors (Lipinski definition) is 0. The fourth-order valence-electron chi connectivity index (χ4n) is 1.46. The minimum atomic E-state index is 0.902. The molecule has 0 heterocycles. The van der Waals surface area contributed by atoms with Crippen LogP contribution in [0.15, 0.2) is 12.2 Å². The Balaban J connectivity index is 3.26. The van der Waals surface area contributed by atoms with E-state index in [0.717, 1.165) is 5.92 Å². The quantitative estimate of drug-likeness (QED) is 0.466.